The zero-order valence-corrected chi connectivity index (χ0v) is 15.8. The molecule has 0 radical (unpaired) electrons. The van der Waals surface area contributed by atoms with Crippen molar-refractivity contribution in [2.75, 3.05) is 18.8 Å². The van der Waals surface area contributed by atoms with E-state index in [-0.39, 0.29) is 31.7 Å². The molecule has 0 amide bonds. The SMILES string of the molecule is NS(=O)(=O)N1CCC2(CC1)C(CSc1nnnn1-c1ccccc1)C2(F)F. The Morgan fingerprint density at radius 3 is 2.52 bits per heavy atom. The third kappa shape index (κ3) is 3.13. The van der Waals surface area contributed by atoms with Gasteiger partial charge in [-0.25, -0.2) is 13.9 Å². The Bertz CT molecular complexity index is 929. The number of nitrogens with two attached hydrogens (primary N) is 1. The average molecular weight is 416 g/mol. The Labute approximate surface area is 159 Å². The first kappa shape index (κ1) is 18.7. The van der Waals surface area contributed by atoms with Gasteiger partial charge in [-0.1, -0.05) is 30.0 Å². The Morgan fingerprint density at radius 2 is 1.89 bits per heavy atom. The molecular formula is C15H18F2N6O2S2. The number of para-hydroxylation sites is 1. The third-order valence-corrected chi connectivity index (χ3v) is 7.58. The van der Waals surface area contributed by atoms with Gasteiger partial charge in [-0.15, -0.1) is 5.10 Å². The van der Waals surface area contributed by atoms with Crippen molar-refractivity contribution in [2.45, 2.75) is 23.9 Å². The maximum atomic E-state index is 14.5. The lowest BCUT2D eigenvalue weighted by Crippen LogP contribution is -2.44. The largest absolute Gasteiger partial charge is 0.276 e. The molecule has 2 N–H and O–H groups in total. The molecule has 1 atom stereocenters. The van der Waals surface area contributed by atoms with Gasteiger partial charge < -0.3 is 0 Å². The van der Waals surface area contributed by atoms with E-state index in [1.54, 1.807) is 0 Å². The summed E-state index contributed by atoms with van der Waals surface area (Å²) in [6, 6.07) is 9.21. The molecule has 1 aliphatic heterocycles. The molecule has 4 rings (SSSR count). The molecule has 12 heteroatoms. The monoisotopic (exact) mass is 416 g/mol. The van der Waals surface area contributed by atoms with E-state index in [1.165, 1.54) is 16.4 Å². The van der Waals surface area contributed by atoms with Crippen molar-refractivity contribution in [1.29, 1.82) is 0 Å². The normalized spacial score (nSPS) is 24.2. The van der Waals surface area contributed by atoms with E-state index in [4.69, 9.17) is 5.14 Å². The molecule has 8 nitrogen and oxygen atoms in total. The van der Waals surface area contributed by atoms with E-state index < -0.39 is 27.5 Å². The van der Waals surface area contributed by atoms with Crippen LogP contribution in [0.3, 0.4) is 0 Å². The lowest BCUT2D eigenvalue weighted by molar-refractivity contribution is 0.0398. The summed E-state index contributed by atoms with van der Waals surface area (Å²) in [5.74, 6) is -3.50. The zero-order chi connectivity index (χ0) is 19.3. The number of halogens is 2. The number of benzene rings is 1. The fraction of sp³-hybridized carbons (Fsp3) is 0.533. The van der Waals surface area contributed by atoms with Gasteiger partial charge in [0, 0.05) is 30.2 Å². The van der Waals surface area contributed by atoms with Crippen molar-refractivity contribution < 1.29 is 17.2 Å². The molecule has 27 heavy (non-hydrogen) atoms. The standard InChI is InChI=1S/C15H18F2N6O2S2/c16-15(17)12(14(15)6-8-22(9-7-14)27(18,24)25)10-26-13-19-20-21-23(13)11-4-2-1-3-5-11/h1-5,12H,6-10H2,(H2,18,24,25). The van der Waals surface area contributed by atoms with Gasteiger partial charge in [0.25, 0.3) is 16.1 Å². The van der Waals surface area contributed by atoms with Crippen LogP contribution in [0, 0.1) is 11.3 Å². The van der Waals surface area contributed by atoms with Crippen molar-refractivity contribution in [1.82, 2.24) is 24.5 Å². The minimum atomic E-state index is -3.83. The van der Waals surface area contributed by atoms with Gasteiger partial charge in [0.2, 0.25) is 5.16 Å². The first-order chi connectivity index (χ1) is 12.8. The van der Waals surface area contributed by atoms with Crippen LogP contribution in [-0.4, -0.2) is 57.7 Å². The highest BCUT2D eigenvalue weighted by Crippen LogP contribution is 2.71. The fourth-order valence-electron chi connectivity index (χ4n) is 3.84. The number of aromatic nitrogens is 4. The van der Waals surface area contributed by atoms with Gasteiger partial charge in [-0.05, 0) is 35.4 Å². The molecule has 1 unspecified atom stereocenters. The summed E-state index contributed by atoms with van der Waals surface area (Å²) in [6.07, 6.45) is 0.205. The maximum Gasteiger partial charge on any atom is 0.276 e. The molecule has 2 aliphatic rings. The van der Waals surface area contributed by atoms with Crippen LogP contribution >= 0.6 is 11.8 Å². The number of hydrogen-bond acceptors (Lipinski definition) is 6. The van der Waals surface area contributed by atoms with E-state index in [0.717, 1.165) is 9.99 Å². The summed E-state index contributed by atoms with van der Waals surface area (Å²) in [7, 11) is -3.83. The van der Waals surface area contributed by atoms with Crippen LogP contribution < -0.4 is 5.14 Å². The molecule has 1 spiro atoms. The molecule has 1 aromatic carbocycles. The summed E-state index contributed by atoms with van der Waals surface area (Å²) in [4.78, 5) is 0. The van der Waals surface area contributed by atoms with Gasteiger partial charge in [0.1, 0.15) is 0 Å². The molecule has 2 fully saturated rings. The first-order valence-electron chi connectivity index (χ1n) is 8.38. The molecule has 2 aromatic rings. The predicted octanol–water partition coefficient (Wildman–Crippen LogP) is 1.31. The molecule has 1 saturated heterocycles. The highest BCUT2D eigenvalue weighted by molar-refractivity contribution is 7.99. The highest BCUT2D eigenvalue weighted by atomic mass is 32.2. The summed E-state index contributed by atoms with van der Waals surface area (Å²) in [5, 5.41) is 17.0. The zero-order valence-electron chi connectivity index (χ0n) is 14.2. The van der Waals surface area contributed by atoms with Crippen LogP contribution in [0.15, 0.2) is 35.5 Å². The summed E-state index contributed by atoms with van der Waals surface area (Å²) < 4.78 is 54.5. The van der Waals surface area contributed by atoms with E-state index in [0.29, 0.717) is 5.16 Å². The van der Waals surface area contributed by atoms with Gasteiger partial charge >= 0.3 is 0 Å². The summed E-state index contributed by atoms with van der Waals surface area (Å²) in [5.41, 5.74) is -0.407. The fourth-order valence-corrected chi connectivity index (χ4v) is 5.73. The number of alkyl halides is 2. The first-order valence-corrected chi connectivity index (χ1v) is 10.9. The molecule has 1 aliphatic carbocycles. The lowest BCUT2D eigenvalue weighted by Gasteiger charge is -2.30. The number of thioether (sulfide) groups is 1. The second-order valence-corrected chi connectivity index (χ2v) is 9.33. The topological polar surface area (TPSA) is 107 Å². The number of hydrogen-bond donors (Lipinski definition) is 1. The Kier molecular flexibility index (Phi) is 4.48. The van der Waals surface area contributed by atoms with Crippen LogP contribution in [0.25, 0.3) is 5.69 Å². The van der Waals surface area contributed by atoms with E-state index in [1.807, 2.05) is 30.3 Å². The van der Waals surface area contributed by atoms with Crippen molar-refractivity contribution in [3.63, 3.8) is 0 Å². The van der Waals surface area contributed by atoms with E-state index >= 15 is 0 Å². The minimum Gasteiger partial charge on any atom is -0.216 e. The number of piperidine rings is 1. The van der Waals surface area contributed by atoms with Gasteiger partial charge in [0.05, 0.1) is 5.69 Å². The second kappa shape index (κ2) is 6.47. The van der Waals surface area contributed by atoms with Gasteiger partial charge in [0.15, 0.2) is 0 Å². The van der Waals surface area contributed by atoms with E-state index in [2.05, 4.69) is 15.5 Å². The van der Waals surface area contributed by atoms with Crippen LogP contribution in [0.4, 0.5) is 8.78 Å². The molecule has 1 saturated carbocycles. The van der Waals surface area contributed by atoms with Gasteiger partial charge in [-0.3, -0.25) is 0 Å². The maximum absolute atomic E-state index is 14.5. The Hall–Kier alpha value is -1.63. The summed E-state index contributed by atoms with van der Waals surface area (Å²) in [6.45, 7) is 0.0503. The van der Waals surface area contributed by atoms with E-state index in [9.17, 15) is 17.2 Å². The van der Waals surface area contributed by atoms with Crippen molar-refractivity contribution in [3.8, 4) is 5.69 Å². The number of tetrazole rings is 1. The van der Waals surface area contributed by atoms with Crippen molar-refractivity contribution in [3.05, 3.63) is 30.3 Å². The smallest absolute Gasteiger partial charge is 0.216 e. The minimum absolute atomic E-state index is 0.0251. The number of nitrogens with zero attached hydrogens (tertiary/aromatic N) is 5. The average Bonchev–Trinajstić information content (AvgIpc) is 2.95. The van der Waals surface area contributed by atoms with Crippen molar-refractivity contribution in [2.24, 2.45) is 16.5 Å². The molecule has 146 valence electrons. The molecule has 2 heterocycles. The summed E-state index contributed by atoms with van der Waals surface area (Å²) >= 11 is 1.19. The van der Waals surface area contributed by atoms with Crippen LogP contribution in [0.1, 0.15) is 12.8 Å². The van der Waals surface area contributed by atoms with Crippen LogP contribution in [-0.2, 0) is 10.2 Å². The Balaban J connectivity index is 1.44. The predicted molar refractivity (Wildman–Crippen MR) is 94.7 cm³/mol. The van der Waals surface area contributed by atoms with Crippen molar-refractivity contribution >= 4 is 22.0 Å². The van der Waals surface area contributed by atoms with Crippen LogP contribution in [0.5, 0.6) is 0 Å². The molecular weight excluding hydrogens is 398 g/mol. The molecule has 0 bridgehead atoms. The highest BCUT2D eigenvalue weighted by Gasteiger charge is 2.79. The molecule has 1 aromatic heterocycles. The van der Waals surface area contributed by atoms with Crippen LogP contribution in [0.2, 0.25) is 0 Å². The van der Waals surface area contributed by atoms with Gasteiger partial charge in [-0.2, -0.15) is 17.4 Å². The lowest BCUT2D eigenvalue weighted by atomic mass is 9.92. The quantitative estimate of drug-likeness (QED) is 0.737. The second-order valence-electron chi connectivity index (χ2n) is 6.80. The third-order valence-electron chi connectivity index (χ3n) is 5.48. The number of rotatable bonds is 5. The Morgan fingerprint density at radius 1 is 1.22 bits per heavy atom.